The largest absolute Gasteiger partial charge is 0.0622 e. The molecule has 0 heteroatoms. The van der Waals surface area contributed by atoms with E-state index in [9.17, 15) is 0 Å². The molecule has 1 saturated carbocycles. The lowest BCUT2D eigenvalue weighted by molar-refractivity contribution is 0.795. The third-order valence-electron chi connectivity index (χ3n) is 3.49. The van der Waals surface area contributed by atoms with E-state index < -0.39 is 0 Å². The van der Waals surface area contributed by atoms with Gasteiger partial charge in [0.05, 0.1) is 0 Å². The van der Waals surface area contributed by atoms with Gasteiger partial charge < -0.3 is 0 Å². The van der Waals surface area contributed by atoms with Crippen molar-refractivity contribution in [3.05, 3.63) is 71.8 Å². The Morgan fingerprint density at radius 2 is 1.44 bits per heavy atom. The van der Waals surface area contributed by atoms with Gasteiger partial charge in [-0.1, -0.05) is 60.7 Å². The first-order valence-corrected chi connectivity index (χ1v) is 6.02. The SMILES string of the molecule is c1ccc(CC2CC2c2ccccc2)cc1. The second-order valence-corrected chi connectivity index (χ2v) is 4.70. The third kappa shape index (κ3) is 2.01. The van der Waals surface area contributed by atoms with Gasteiger partial charge in [-0.25, -0.2) is 0 Å². The summed E-state index contributed by atoms with van der Waals surface area (Å²) in [5, 5.41) is 0. The maximum atomic E-state index is 2.26. The molecule has 0 spiro atoms. The molecule has 2 atom stereocenters. The summed E-state index contributed by atoms with van der Waals surface area (Å²) in [5.74, 6) is 1.67. The zero-order valence-corrected chi connectivity index (χ0v) is 9.34. The Morgan fingerprint density at radius 1 is 0.812 bits per heavy atom. The fourth-order valence-electron chi connectivity index (χ4n) is 2.50. The van der Waals surface area contributed by atoms with Gasteiger partial charge in [0.1, 0.15) is 0 Å². The van der Waals surface area contributed by atoms with Gasteiger partial charge in [0.15, 0.2) is 0 Å². The third-order valence-corrected chi connectivity index (χ3v) is 3.49. The summed E-state index contributed by atoms with van der Waals surface area (Å²) in [6, 6.07) is 21.7. The summed E-state index contributed by atoms with van der Waals surface area (Å²) in [6.45, 7) is 0. The Balaban J connectivity index is 1.65. The van der Waals surface area contributed by atoms with Crippen LogP contribution in [-0.2, 0) is 6.42 Å². The van der Waals surface area contributed by atoms with Crippen molar-refractivity contribution in [2.75, 3.05) is 0 Å². The van der Waals surface area contributed by atoms with Crippen LogP contribution in [0.5, 0.6) is 0 Å². The zero-order valence-electron chi connectivity index (χ0n) is 9.34. The highest BCUT2D eigenvalue weighted by molar-refractivity contribution is 5.27. The van der Waals surface area contributed by atoms with E-state index in [-0.39, 0.29) is 0 Å². The predicted molar refractivity (Wildman–Crippen MR) is 67.4 cm³/mol. The molecule has 3 rings (SSSR count). The molecule has 0 heterocycles. The molecule has 0 nitrogen and oxygen atoms in total. The fourth-order valence-corrected chi connectivity index (χ4v) is 2.50. The highest BCUT2D eigenvalue weighted by Gasteiger charge is 2.37. The monoisotopic (exact) mass is 208 g/mol. The van der Waals surface area contributed by atoms with Gasteiger partial charge in [-0.3, -0.25) is 0 Å². The molecule has 80 valence electrons. The highest BCUT2D eigenvalue weighted by Crippen LogP contribution is 2.49. The van der Waals surface area contributed by atoms with Gasteiger partial charge in [-0.2, -0.15) is 0 Å². The highest BCUT2D eigenvalue weighted by atomic mass is 14.4. The zero-order chi connectivity index (χ0) is 10.8. The van der Waals surface area contributed by atoms with E-state index in [4.69, 9.17) is 0 Å². The average molecular weight is 208 g/mol. The molecule has 2 unspecified atom stereocenters. The number of rotatable bonds is 3. The lowest BCUT2D eigenvalue weighted by Crippen LogP contribution is -1.89. The smallest absolute Gasteiger partial charge is 0.0127 e. The molecule has 1 aliphatic carbocycles. The lowest BCUT2D eigenvalue weighted by atomic mass is 10.0. The van der Waals surface area contributed by atoms with Gasteiger partial charge >= 0.3 is 0 Å². The summed E-state index contributed by atoms with van der Waals surface area (Å²) in [5.41, 5.74) is 2.99. The van der Waals surface area contributed by atoms with Crippen molar-refractivity contribution in [1.82, 2.24) is 0 Å². The molecule has 0 aliphatic heterocycles. The molecule has 1 fully saturated rings. The number of benzene rings is 2. The summed E-state index contributed by atoms with van der Waals surface area (Å²) in [7, 11) is 0. The van der Waals surface area contributed by atoms with Crippen LogP contribution in [0.3, 0.4) is 0 Å². The number of hydrogen-bond donors (Lipinski definition) is 0. The van der Waals surface area contributed by atoms with Crippen LogP contribution in [0.1, 0.15) is 23.5 Å². The van der Waals surface area contributed by atoms with Crippen LogP contribution in [0.15, 0.2) is 60.7 Å². The minimum atomic E-state index is 0.807. The summed E-state index contributed by atoms with van der Waals surface area (Å²) in [4.78, 5) is 0. The second-order valence-electron chi connectivity index (χ2n) is 4.70. The van der Waals surface area contributed by atoms with Gasteiger partial charge in [0.25, 0.3) is 0 Å². The topological polar surface area (TPSA) is 0 Å². The molecule has 0 saturated heterocycles. The van der Waals surface area contributed by atoms with E-state index in [1.54, 1.807) is 0 Å². The van der Waals surface area contributed by atoms with Crippen molar-refractivity contribution in [2.45, 2.75) is 18.8 Å². The van der Waals surface area contributed by atoms with Crippen LogP contribution in [0.25, 0.3) is 0 Å². The Labute approximate surface area is 96.9 Å². The second kappa shape index (κ2) is 4.13. The van der Waals surface area contributed by atoms with Crippen LogP contribution in [-0.4, -0.2) is 0 Å². The van der Waals surface area contributed by atoms with Crippen molar-refractivity contribution in [1.29, 1.82) is 0 Å². The van der Waals surface area contributed by atoms with Crippen molar-refractivity contribution in [3.63, 3.8) is 0 Å². The minimum absolute atomic E-state index is 0.807. The normalized spacial score (nSPS) is 23.0. The van der Waals surface area contributed by atoms with Gasteiger partial charge in [-0.05, 0) is 35.8 Å². The van der Waals surface area contributed by atoms with E-state index in [0.717, 1.165) is 11.8 Å². The van der Waals surface area contributed by atoms with Gasteiger partial charge in [0, 0.05) is 0 Å². The van der Waals surface area contributed by atoms with E-state index in [2.05, 4.69) is 60.7 Å². The van der Waals surface area contributed by atoms with E-state index in [0.29, 0.717) is 0 Å². The number of hydrogen-bond acceptors (Lipinski definition) is 0. The predicted octanol–water partition coefficient (Wildman–Crippen LogP) is 4.03. The first-order chi connectivity index (χ1) is 7.93. The Kier molecular flexibility index (Phi) is 2.49. The molecule has 0 N–H and O–H groups in total. The first-order valence-electron chi connectivity index (χ1n) is 6.02. The lowest BCUT2D eigenvalue weighted by Gasteiger charge is -2.01. The Hall–Kier alpha value is -1.56. The quantitative estimate of drug-likeness (QED) is 0.714. The standard InChI is InChI=1S/C16H16/c1-3-7-13(8-4-1)11-15-12-16(15)14-9-5-2-6-10-14/h1-10,15-16H,11-12H2. The Morgan fingerprint density at radius 3 is 2.12 bits per heavy atom. The van der Waals surface area contributed by atoms with Crippen molar-refractivity contribution in [2.24, 2.45) is 5.92 Å². The van der Waals surface area contributed by atoms with Crippen LogP contribution in [0.2, 0.25) is 0 Å². The van der Waals surface area contributed by atoms with E-state index in [1.807, 2.05) is 0 Å². The van der Waals surface area contributed by atoms with Crippen LogP contribution in [0.4, 0.5) is 0 Å². The Bertz CT molecular complexity index is 444. The van der Waals surface area contributed by atoms with Crippen molar-refractivity contribution < 1.29 is 0 Å². The fraction of sp³-hybridized carbons (Fsp3) is 0.250. The van der Waals surface area contributed by atoms with Crippen LogP contribution < -0.4 is 0 Å². The minimum Gasteiger partial charge on any atom is -0.0622 e. The first kappa shape index (κ1) is 9.65. The molecular formula is C16H16. The van der Waals surface area contributed by atoms with Crippen molar-refractivity contribution >= 4 is 0 Å². The van der Waals surface area contributed by atoms with Gasteiger partial charge in [0.2, 0.25) is 0 Å². The van der Waals surface area contributed by atoms with Crippen molar-refractivity contribution in [3.8, 4) is 0 Å². The van der Waals surface area contributed by atoms with Gasteiger partial charge in [-0.15, -0.1) is 0 Å². The molecule has 0 bridgehead atoms. The summed E-state index contributed by atoms with van der Waals surface area (Å²) >= 11 is 0. The molecule has 1 aliphatic rings. The summed E-state index contributed by atoms with van der Waals surface area (Å²) < 4.78 is 0. The van der Waals surface area contributed by atoms with E-state index in [1.165, 1.54) is 24.0 Å². The molecule has 0 amide bonds. The molecular weight excluding hydrogens is 192 g/mol. The average Bonchev–Trinajstić information content (AvgIpc) is 3.11. The van der Waals surface area contributed by atoms with Crippen LogP contribution >= 0.6 is 0 Å². The molecule has 2 aromatic rings. The maximum Gasteiger partial charge on any atom is -0.0127 e. The maximum absolute atomic E-state index is 2.26. The molecule has 0 radical (unpaired) electrons. The molecule has 0 aromatic heterocycles. The van der Waals surface area contributed by atoms with Crippen LogP contribution in [0, 0.1) is 5.92 Å². The van der Waals surface area contributed by atoms with E-state index >= 15 is 0 Å². The molecule has 2 aromatic carbocycles. The summed E-state index contributed by atoms with van der Waals surface area (Å²) in [6.07, 6.45) is 2.60. The molecule has 16 heavy (non-hydrogen) atoms.